The minimum absolute atomic E-state index is 0.336. The second-order valence-electron chi connectivity index (χ2n) is 6.16. The minimum Gasteiger partial charge on any atom is -0.353 e. The number of hydrogen-bond donors (Lipinski definition) is 2. The molecule has 0 amide bonds. The molecule has 2 N–H and O–H groups in total. The van der Waals surface area contributed by atoms with Gasteiger partial charge >= 0.3 is 0 Å². The van der Waals surface area contributed by atoms with Crippen LogP contribution >= 0.6 is 15.9 Å². The van der Waals surface area contributed by atoms with Crippen LogP contribution in [0, 0.1) is 5.82 Å². The van der Waals surface area contributed by atoms with Crippen LogP contribution in [0.2, 0.25) is 0 Å². The van der Waals surface area contributed by atoms with Crippen molar-refractivity contribution in [3.63, 3.8) is 0 Å². The van der Waals surface area contributed by atoms with Crippen LogP contribution in [0.25, 0.3) is 11.4 Å². The summed E-state index contributed by atoms with van der Waals surface area (Å²) >= 11 is 3.26. The standard InChI is InChI=1S/C19H20BrFN6/c1-27(2)10-9-23-19-25-17(16-5-3-4-8-22-16)12-18(26-19)24-15-7-6-13(20)11-14(15)21/h3-8,11-12H,9-10H2,1-2H3,(H2,23,24,25,26). The molecule has 27 heavy (non-hydrogen) atoms. The topological polar surface area (TPSA) is 66.0 Å². The Kier molecular flexibility index (Phi) is 6.31. The van der Waals surface area contributed by atoms with Gasteiger partial charge in [0.15, 0.2) is 0 Å². The molecule has 0 aliphatic heterocycles. The summed E-state index contributed by atoms with van der Waals surface area (Å²) in [6.45, 7) is 1.52. The van der Waals surface area contributed by atoms with Crippen molar-refractivity contribution < 1.29 is 4.39 Å². The van der Waals surface area contributed by atoms with E-state index in [1.165, 1.54) is 6.07 Å². The molecule has 0 fully saturated rings. The predicted molar refractivity (Wildman–Crippen MR) is 110 cm³/mol. The van der Waals surface area contributed by atoms with Gasteiger partial charge in [0, 0.05) is 29.8 Å². The molecule has 3 aromatic rings. The first-order chi connectivity index (χ1) is 13.0. The van der Waals surface area contributed by atoms with Crippen molar-refractivity contribution >= 4 is 33.4 Å². The lowest BCUT2D eigenvalue weighted by molar-refractivity contribution is 0.425. The Labute approximate surface area is 166 Å². The molecule has 0 radical (unpaired) electrons. The normalized spacial score (nSPS) is 10.9. The Balaban J connectivity index is 1.91. The van der Waals surface area contributed by atoms with Crippen molar-refractivity contribution in [2.24, 2.45) is 0 Å². The monoisotopic (exact) mass is 430 g/mol. The van der Waals surface area contributed by atoms with E-state index in [0.29, 0.717) is 34.2 Å². The Bertz CT molecular complexity index is 904. The van der Waals surface area contributed by atoms with E-state index in [4.69, 9.17) is 0 Å². The molecule has 140 valence electrons. The van der Waals surface area contributed by atoms with Gasteiger partial charge in [-0.05, 0) is 44.4 Å². The Morgan fingerprint density at radius 1 is 1.07 bits per heavy atom. The van der Waals surface area contributed by atoms with Crippen LogP contribution in [0.3, 0.4) is 0 Å². The smallest absolute Gasteiger partial charge is 0.225 e. The number of nitrogens with one attached hydrogen (secondary N) is 2. The first-order valence-electron chi connectivity index (χ1n) is 8.42. The lowest BCUT2D eigenvalue weighted by Crippen LogP contribution is -2.21. The highest BCUT2D eigenvalue weighted by Gasteiger charge is 2.10. The van der Waals surface area contributed by atoms with E-state index >= 15 is 0 Å². The number of pyridine rings is 1. The molecule has 0 spiro atoms. The third kappa shape index (κ3) is 5.45. The van der Waals surface area contributed by atoms with Gasteiger partial charge in [0.1, 0.15) is 11.6 Å². The Morgan fingerprint density at radius 3 is 2.63 bits per heavy atom. The van der Waals surface area contributed by atoms with Crippen LogP contribution < -0.4 is 10.6 Å². The van der Waals surface area contributed by atoms with Crippen LogP contribution in [-0.2, 0) is 0 Å². The van der Waals surface area contributed by atoms with Crippen molar-refractivity contribution in [1.29, 1.82) is 0 Å². The van der Waals surface area contributed by atoms with E-state index in [1.807, 2.05) is 32.3 Å². The molecular weight excluding hydrogens is 411 g/mol. The zero-order chi connectivity index (χ0) is 19.2. The van der Waals surface area contributed by atoms with Crippen LogP contribution in [0.1, 0.15) is 0 Å². The first-order valence-corrected chi connectivity index (χ1v) is 9.22. The van der Waals surface area contributed by atoms with Crippen molar-refractivity contribution in [3.05, 3.63) is 59.0 Å². The van der Waals surface area contributed by atoms with Crippen molar-refractivity contribution in [1.82, 2.24) is 19.9 Å². The number of halogens is 2. The predicted octanol–water partition coefficient (Wildman–Crippen LogP) is 4.16. The molecule has 0 atom stereocenters. The molecule has 2 heterocycles. The summed E-state index contributed by atoms with van der Waals surface area (Å²) in [4.78, 5) is 15.4. The number of hydrogen-bond acceptors (Lipinski definition) is 6. The maximum Gasteiger partial charge on any atom is 0.225 e. The van der Waals surface area contributed by atoms with Gasteiger partial charge in [0.05, 0.1) is 17.1 Å². The zero-order valence-corrected chi connectivity index (χ0v) is 16.7. The zero-order valence-electron chi connectivity index (χ0n) is 15.1. The molecule has 1 aromatic carbocycles. The molecule has 0 saturated heterocycles. The average Bonchev–Trinajstić information content (AvgIpc) is 2.64. The summed E-state index contributed by atoms with van der Waals surface area (Å²) < 4.78 is 14.9. The van der Waals surface area contributed by atoms with E-state index in [2.05, 4.69) is 46.4 Å². The molecular formula is C19H20BrFN6. The summed E-state index contributed by atoms with van der Waals surface area (Å²) in [6.07, 6.45) is 1.71. The van der Waals surface area contributed by atoms with Gasteiger partial charge in [0.2, 0.25) is 5.95 Å². The van der Waals surface area contributed by atoms with Crippen molar-refractivity contribution in [3.8, 4) is 11.4 Å². The first kappa shape index (κ1) is 19.2. The maximum absolute atomic E-state index is 14.2. The van der Waals surface area contributed by atoms with Gasteiger partial charge < -0.3 is 15.5 Å². The number of rotatable bonds is 7. The molecule has 0 aliphatic rings. The minimum atomic E-state index is -0.371. The highest BCUT2D eigenvalue weighted by atomic mass is 79.9. The van der Waals surface area contributed by atoms with Crippen molar-refractivity contribution in [2.45, 2.75) is 0 Å². The largest absolute Gasteiger partial charge is 0.353 e. The van der Waals surface area contributed by atoms with Crippen LogP contribution in [0.5, 0.6) is 0 Å². The highest BCUT2D eigenvalue weighted by Crippen LogP contribution is 2.25. The maximum atomic E-state index is 14.2. The lowest BCUT2D eigenvalue weighted by atomic mass is 10.2. The van der Waals surface area contributed by atoms with Crippen molar-refractivity contribution in [2.75, 3.05) is 37.8 Å². The number of anilines is 3. The molecule has 0 aliphatic carbocycles. The third-order valence-corrected chi connectivity index (χ3v) is 4.18. The average molecular weight is 431 g/mol. The summed E-state index contributed by atoms with van der Waals surface area (Å²) in [5.74, 6) is 0.573. The second kappa shape index (κ2) is 8.88. The second-order valence-corrected chi connectivity index (χ2v) is 7.07. The Hall–Kier alpha value is -2.58. The number of benzene rings is 1. The molecule has 0 saturated carbocycles. The SMILES string of the molecule is CN(C)CCNc1nc(Nc2ccc(Br)cc2F)cc(-c2ccccn2)n1. The van der Waals surface area contributed by atoms with E-state index < -0.39 is 0 Å². The number of aromatic nitrogens is 3. The molecule has 0 unspecified atom stereocenters. The number of likely N-dealkylation sites (N-methyl/N-ethyl adjacent to an activating group) is 1. The van der Waals surface area contributed by atoms with Gasteiger partial charge in [-0.1, -0.05) is 22.0 Å². The van der Waals surface area contributed by atoms with Gasteiger partial charge in [-0.2, -0.15) is 4.98 Å². The summed E-state index contributed by atoms with van der Waals surface area (Å²) in [5, 5.41) is 6.23. The van der Waals surface area contributed by atoms with Crippen LogP contribution in [0.4, 0.5) is 21.8 Å². The summed E-state index contributed by atoms with van der Waals surface area (Å²) in [5.41, 5.74) is 1.70. The van der Waals surface area contributed by atoms with Crippen LogP contribution in [0.15, 0.2) is 53.1 Å². The molecule has 6 nitrogen and oxygen atoms in total. The fourth-order valence-electron chi connectivity index (χ4n) is 2.36. The molecule has 8 heteroatoms. The fraction of sp³-hybridized carbons (Fsp3) is 0.211. The quantitative estimate of drug-likeness (QED) is 0.586. The van der Waals surface area contributed by atoms with E-state index in [1.54, 1.807) is 24.4 Å². The third-order valence-electron chi connectivity index (χ3n) is 3.69. The van der Waals surface area contributed by atoms with Gasteiger partial charge in [-0.25, -0.2) is 9.37 Å². The van der Waals surface area contributed by atoms with E-state index in [9.17, 15) is 4.39 Å². The van der Waals surface area contributed by atoms with Gasteiger partial charge in [-0.15, -0.1) is 0 Å². The molecule has 2 aromatic heterocycles. The van der Waals surface area contributed by atoms with Gasteiger partial charge in [-0.3, -0.25) is 4.98 Å². The number of nitrogens with zero attached hydrogens (tertiary/aromatic N) is 4. The van der Waals surface area contributed by atoms with Gasteiger partial charge in [0.25, 0.3) is 0 Å². The molecule has 3 rings (SSSR count). The fourth-order valence-corrected chi connectivity index (χ4v) is 2.69. The summed E-state index contributed by atoms with van der Waals surface area (Å²) in [7, 11) is 3.99. The Morgan fingerprint density at radius 2 is 1.93 bits per heavy atom. The molecule has 0 bridgehead atoms. The van der Waals surface area contributed by atoms with E-state index in [0.717, 1.165) is 12.2 Å². The summed E-state index contributed by atoms with van der Waals surface area (Å²) in [6, 6.07) is 12.2. The lowest BCUT2D eigenvalue weighted by Gasteiger charge is -2.13. The highest BCUT2D eigenvalue weighted by molar-refractivity contribution is 9.10. The van der Waals surface area contributed by atoms with Crippen LogP contribution in [-0.4, -0.2) is 47.0 Å². The van der Waals surface area contributed by atoms with E-state index in [-0.39, 0.29) is 5.82 Å².